The standard InChI is InChI=1S/C20H19F3O2/c1-12-8-13(2)10-16(9-12)18(20(21,22)23)7-5-15-4-6-17(19(24)25)14(3)11-15/h4-11,18H,1-3H3,(H,24,25)/b7-5+. The molecular formula is C20H19F3O2. The van der Waals surface area contributed by atoms with E-state index in [-0.39, 0.29) is 11.1 Å². The number of aromatic carboxylic acids is 1. The van der Waals surface area contributed by atoms with Crippen LogP contribution in [0.4, 0.5) is 13.2 Å². The average Bonchev–Trinajstić information content (AvgIpc) is 2.44. The summed E-state index contributed by atoms with van der Waals surface area (Å²) in [4.78, 5) is 11.0. The zero-order valence-corrected chi connectivity index (χ0v) is 14.2. The van der Waals surface area contributed by atoms with Crippen molar-refractivity contribution in [3.63, 3.8) is 0 Å². The van der Waals surface area contributed by atoms with E-state index in [1.807, 2.05) is 6.07 Å². The van der Waals surface area contributed by atoms with Crippen LogP contribution in [0.1, 0.15) is 44.1 Å². The van der Waals surface area contributed by atoms with Gasteiger partial charge in [-0.15, -0.1) is 0 Å². The number of hydrogen-bond acceptors (Lipinski definition) is 1. The molecule has 2 nitrogen and oxygen atoms in total. The Bertz CT molecular complexity index is 800. The van der Waals surface area contributed by atoms with Gasteiger partial charge in [0.1, 0.15) is 0 Å². The molecule has 132 valence electrons. The Morgan fingerprint density at radius 3 is 2.12 bits per heavy atom. The van der Waals surface area contributed by atoms with Crippen LogP contribution in [0, 0.1) is 20.8 Å². The third kappa shape index (κ3) is 4.72. The van der Waals surface area contributed by atoms with Crippen LogP contribution >= 0.6 is 0 Å². The van der Waals surface area contributed by atoms with Crippen molar-refractivity contribution >= 4 is 12.0 Å². The SMILES string of the molecule is Cc1cc(C)cc(C(/C=C/c2ccc(C(=O)O)c(C)c2)C(F)(F)F)c1. The van der Waals surface area contributed by atoms with Crippen molar-refractivity contribution in [2.45, 2.75) is 32.9 Å². The van der Waals surface area contributed by atoms with Crippen LogP contribution in [-0.2, 0) is 0 Å². The molecule has 1 N–H and O–H groups in total. The van der Waals surface area contributed by atoms with Crippen LogP contribution in [0.5, 0.6) is 0 Å². The minimum Gasteiger partial charge on any atom is -0.478 e. The van der Waals surface area contributed by atoms with E-state index in [0.717, 1.165) is 17.2 Å². The first-order chi connectivity index (χ1) is 11.6. The molecule has 0 saturated heterocycles. The molecule has 2 aromatic rings. The molecule has 0 aliphatic carbocycles. The van der Waals surface area contributed by atoms with Crippen LogP contribution in [0.2, 0.25) is 0 Å². The fraction of sp³-hybridized carbons (Fsp3) is 0.250. The Hall–Kier alpha value is -2.56. The lowest BCUT2D eigenvalue weighted by atomic mass is 9.93. The quantitative estimate of drug-likeness (QED) is 0.773. The first-order valence-electron chi connectivity index (χ1n) is 7.75. The van der Waals surface area contributed by atoms with Gasteiger partial charge in [-0.2, -0.15) is 13.2 Å². The molecule has 0 fully saturated rings. The highest BCUT2D eigenvalue weighted by Gasteiger charge is 2.39. The van der Waals surface area contributed by atoms with E-state index in [4.69, 9.17) is 5.11 Å². The van der Waals surface area contributed by atoms with Crippen LogP contribution in [0.15, 0.2) is 42.5 Å². The number of alkyl halides is 3. The Morgan fingerprint density at radius 2 is 1.64 bits per heavy atom. The molecule has 2 aromatic carbocycles. The molecule has 0 saturated carbocycles. The van der Waals surface area contributed by atoms with Gasteiger partial charge >= 0.3 is 12.1 Å². The molecular weight excluding hydrogens is 329 g/mol. The molecule has 25 heavy (non-hydrogen) atoms. The maximum atomic E-state index is 13.5. The topological polar surface area (TPSA) is 37.3 Å². The molecule has 0 aromatic heterocycles. The van der Waals surface area contributed by atoms with Crippen molar-refractivity contribution in [3.05, 3.63) is 75.9 Å². The largest absolute Gasteiger partial charge is 0.478 e. The summed E-state index contributed by atoms with van der Waals surface area (Å²) in [6, 6.07) is 9.37. The molecule has 1 unspecified atom stereocenters. The number of hydrogen-bond donors (Lipinski definition) is 1. The van der Waals surface area contributed by atoms with Crippen LogP contribution in [-0.4, -0.2) is 17.3 Å². The predicted molar refractivity (Wildman–Crippen MR) is 91.9 cm³/mol. The highest BCUT2D eigenvalue weighted by atomic mass is 19.4. The van der Waals surface area contributed by atoms with Gasteiger partial charge in [-0.05, 0) is 43.5 Å². The van der Waals surface area contributed by atoms with Crippen molar-refractivity contribution in [2.75, 3.05) is 0 Å². The van der Waals surface area contributed by atoms with Crippen molar-refractivity contribution in [2.24, 2.45) is 0 Å². The highest BCUT2D eigenvalue weighted by molar-refractivity contribution is 5.89. The Kier molecular flexibility index (Phi) is 5.36. The van der Waals surface area contributed by atoms with E-state index in [0.29, 0.717) is 11.1 Å². The lowest BCUT2D eigenvalue weighted by molar-refractivity contribution is -0.139. The summed E-state index contributed by atoms with van der Waals surface area (Å²) in [5, 5.41) is 9.02. The molecule has 1 atom stereocenters. The number of carboxylic acid groups (broad SMARTS) is 1. The third-order valence-electron chi connectivity index (χ3n) is 3.92. The Balaban J connectivity index is 2.39. The van der Waals surface area contributed by atoms with E-state index in [9.17, 15) is 18.0 Å². The maximum Gasteiger partial charge on any atom is 0.399 e. The van der Waals surface area contributed by atoms with E-state index in [1.54, 1.807) is 26.8 Å². The van der Waals surface area contributed by atoms with Crippen LogP contribution in [0.3, 0.4) is 0 Å². The number of rotatable bonds is 4. The molecule has 5 heteroatoms. The van der Waals surface area contributed by atoms with E-state index < -0.39 is 18.1 Å². The lowest BCUT2D eigenvalue weighted by Gasteiger charge is -2.18. The van der Waals surface area contributed by atoms with Crippen molar-refractivity contribution < 1.29 is 23.1 Å². The molecule has 0 spiro atoms. The first kappa shape index (κ1) is 18.8. The zero-order chi connectivity index (χ0) is 18.8. The average molecular weight is 348 g/mol. The number of benzene rings is 2. The minimum atomic E-state index is -4.41. The van der Waals surface area contributed by atoms with Gasteiger partial charge in [0.25, 0.3) is 0 Å². The van der Waals surface area contributed by atoms with Gasteiger partial charge in [0.15, 0.2) is 0 Å². The molecule has 0 aliphatic rings. The van der Waals surface area contributed by atoms with Crippen LogP contribution < -0.4 is 0 Å². The number of carbonyl (C=O) groups is 1. The normalized spacial score (nSPS) is 13.2. The van der Waals surface area contributed by atoms with E-state index >= 15 is 0 Å². The van der Waals surface area contributed by atoms with Crippen LogP contribution in [0.25, 0.3) is 6.08 Å². The fourth-order valence-electron chi connectivity index (χ4n) is 2.84. The summed E-state index contributed by atoms with van der Waals surface area (Å²) in [5.41, 5.74) is 2.92. The van der Waals surface area contributed by atoms with E-state index in [1.165, 1.54) is 30.3 Å². The van der Waals surface area contributed by atoms with Gasteiger partial charge < -0.3 is 5.11 Å². The smallest absolute Gasteiger partial charge is 0.399 e. The second-order valence-electron chi connectivity index (χ2n) is 6.18. The third-order valence-corrected chi connectivity index (χ3v) is 3.92. The highest BCUT2D eigenvalue weighted by Crippen LogP contribution is 2.37. The minimum absolute atomic E-state index is 0.138. The number of halogens is 3. The lowest BCUT2D eigenvalue weighted by Crippen LogP contribution is -2.19. The van der Waals surface area contributed by atoms with Gasteiger partial charge in [-0.3, -0.25) is 0 Å². The summed E-state index contributed by atoms with van der Waals surface area (Å²) in [6.07, 6.45) is -1.91. The van der Waals surface area contributed by atoms with Gasteiger partial charge in [0.2, 0.25) is 0 Å². The molecule has 0 heterocycles. The summed E-state index contributed by atoms with van der Waals surface area (Å²) in [6.45, 7) is 5.15. The zero-order valence-electron chi connectivity index (χ0n) is 14.2. The van der Waals surface area contributed by atoms with Crippen molar-refractivity contribution in [1.29, 1.82) is 0 Å². The first-order valence-corrected chi connectivity index (χ1v) is 7.75. The monoisotopic (exact) mass is 348 g/mol. The molecule has 0 aliphatic heterocycles. The van der Waals surface area contributed by atoms with Gasteiger partial charge in [-0.25, -0.2) is 4.79 Å². The second-order valence-corrected chi connectivity index (χ2v) is 6.18. The molecule has 0 amide bonds. The summed E-state index contributed by atoms with van der Waals surface area (Å²) >= 11 is 0. The second kappa shape index (κ2) is 7.13. The summed E-state index contributed by atoms with van der Waals surface area (Å²) < 4.78 is 40.5. The predicted octanol–water partition coefficient (Wildman–Crippen LogP) is 5.67. The Labute approximate surface area is 144 Å². The van der Waals surface area contributed by atoms with Crippen molar-refractivity contribution in [3.8, 4) is 0 Å². The number of aryl methyl sites for hydroxylation is 3. The van der Waals surface area contributed by atoms with Crippen molar-refractivity contribution in [1.82, 2.24) is 0 Å². The summed E-state index contributed by atoms with van der Waals surface area (Å²) in [5.74, 6) is -2.78. The molecule has 2 rings (SSSR count). The van der Waals surface area contributed by atoms with Gasteiger partial charge in [0, 0.05) is 0 Å². The van der Waals surface area contributed by atoms with E-state index in [2.05, 4.69) is 0 Å². The Morgan fingerprint density at radius 1 is 1.04 bits per heavy atom. The van der Waals surface area contributed by atoms with Gasteiger partial charge in [0.05, 0.1) is 11.5 Å². The maximum absolute atomic E-state index is 13.5. The number of allylic oxidation sites excluding steroid dienone is 1. The molecule has 0 radical (unpaired) electrons. The van der Waals surface area contributed by atoms with Gasteiger partial charge in [-0.1, -0.05) is 53.6 Å². The fourth-order valence-corrected chi connectivity index (χ4v) is 2.84. The molecule has 0 bridgehead atoms. The number of carboxylic acids is 1. The summed E-state index contributed by atoms with van der Waals surface area (Å²) in [7, 11) is 0.